The molecule has 1 aromatic heterocycles. The number of Topliss-reactive ketones (excluding diaryl/α,β-unsaturated/α-hetero) is 1. The Labute approximate surface area is 78.1 Å². The number of alkyl halides is 2. The van der Waals surface area contributed by atoms with Crippen molar-refractivity contribution in [3.8, 4) is 0 Å². The number of hydrogen-bond donors (Lipinski definition) is 0. The standard InChI is InChI=1S/C7H8F2N4O/c1-13-11-6(10-12-13)5(14)4-2-7(8,9)3-4/h4H,2-3H2,1H3. The Kier molecular flexibility index (Phi) is 1.83. The van der Waals surface area contributed by atoms with E-state index < -0.39 is 30.5 Å². The molecule has 0 spiro atoms. The molecule has 5 nitrogen and oxygen atoms in total. The first kappa shape index (κ1) is 9.17. The second-order valence-corrected chi connectivity index (χ2v) is 3.43. The van der Waals surface area contributed by atoms with Crippen LogP contribution in [0.3, 0.4) is 0 Å². The normalized spacial score (nSPS) is 20.5. The van der Waals surface area contributed by atoms with Gasteiger partial charge in [0.15, 0.2) is 0 Å². The zero-order valence-electron chi connectivity index (χ0n) is 7.44. The van der Waals surface area contributed by atoms with Crippen LogP contribution in [0.1, 0.15) is 23.5 Å². The summed E-state index contributed by atoms with van der Waals surface area (Å²) in [5.41, 5.74) is 0. The lowest BCUT2D eigenvalue weighted by Gasteiger charge is -2.32. The minimum absolute atomic E-state index is 0.0759. The van der Waals surface area contributed by atoms with Gasteiger partial charge < -0.3 is 0 Å². The molecule has 76 valence electrons. The fraction of sp³-hybridized carbons (Fsp3) is 0.714. The molecular weight excluding hydrogens is 194 g/mol. The molecular formula is C7H8F2N4O. The number of nitrogens with zero attached hydrogens (tertiary/aromatic N) is 4. The van der Waals surface area contributed by atoms with Crippen LogP contribution in [-0.4, -0.2) is 31.9 Å². The first-order valence-electron chi connectivity index (χ1n) is 4.14. The summed E-state index contributed by atoms with van der Waals surface area (Å²) in [7, 11) is 1.51. The van der Waals surface area contributed by atoms with Gasteiger partial charge in [-0.15, -0.1) is 10.2 Å². The topological polar surface area (TPSA) is 60.7 Å². The number of carbonyl (C=O) groups is 1. The van der Waals surface area contributed by atoms with Crippen LogP contribution in [0.25, 0.3) is 0 Å². The van der Waals surface area contributed by atoms with E-state index in [9.17, 15) is 13.6 Å². The van der Waals surface area contributed by atoms with Crippen LogP contribution < -0.4 is 0 Å². The van der Waals surface area contributed by atoms with E-state index in [2.05, 4.69) is 15.4 Å². The lowest BCUT2D eigenvalue weighted by molar-refractivity contribution is -0.0984. The minimum atomic E-state index is -2.69. The van der Waals surface area contributed by atoms with Crippen molar-refractivity contribution >= 4 is 5.78 Å². The molecule has 1 fully saturated rings. The van der Waals surface area contributed by atoms with Crippen molar-refractivity contribution in [3.63, 3.8) is 0 Å². The molecule has 0 aromatic carbocycles. The average molecular weight is 202 g/mol. The van der Waals surface area contributed by atoms with Crippen molar-refractivity contribution in [2.24, 2.45) is 13.0 Å². The van der Waals surface area contributed by atoms with Gasteiger partial charge in [-0.1, -0.05) is 0 Å². The third-order valence-corrected chi connectivity index (χ3v) is 2.19. The fourth-order valence-corrected chi connectivity index (χ4v) is 1.41. The molecule has 1 heterocycles. The zero-order chi connectivity index (χ0) is 10.3. The Morgan fingerprint density at radius 2 is 2.21 bits per heavy atom. The largest absolute Gasteiger partial charge is 0.290 e. The first-order valence-corrected chi connectivity index (χ1v) is 4.14. The van der Waals surface area contributed by atoms with Gasteiger partial charge in [0.1, 0.15) is 0 Å². The van der Waals surface area contributed by atoms with Gasteiger partial charge in [-0.3, -0.25) is 4.79 Å². The summed E-state index contributed by atoms with van der Waals surface area (Å²) < 4.78 is 24.9. The average Bonchev–Trinajstić information content (AvgIpc) is 2.46. The van der Waals surface area contributed by atoms with Crippen molar-refractivity contribution in [3.05, 3.63) is 5.82 Å². The number of halogens is 2. The summed E-state index contributed by atoms with van der Waals surface area (Å²) in [6.45, 7) is 0. The van der Waals surface area contributed by atoms with Gasteiger partial charge in [-0.2, -0.15) is 4.80 Å². The molecule has 14 heavy (non-hydrogen) atoms. The van der Waals surface area contributed by atoms with E-state index in [0.717, 1.165) is 4.80 Å². The van der Waals surface area contributed by atoms with Crippen molar-refractivity contribution in [1.82, 2.24) is 20.2 Å². The summed E-state index contributed by atoms with van der Waals surface area (Å²) in [4.78, 5) is 12.5. The van der Waals surface area contributed by atoms with Gasteiger partial charge in [0.05, 0.1) is 7.05 Å². The summed E-state index contributed by atoms with van der Waals surface area (Å²) >= 11 is 0. The van der Waals surface area contributed by atoms with E-state index in [0.29, 0.717) is 0 Å². The predicted octanol–water partition coefficient (Wildman–Crippen LogP) is 0.438. The molecule has 0 bridgehead atoms. The van der Waals surface area contributed by atoms with Gasteiger partial charge in [0, 0.05) is 18.8 Å². The molecule has 1 aliphatic rings. The molecule has 0 radical (unpaired) electrons. The Morgan fingerprint density at radius 1 is 1.57 bits per heavy atom. The Hall–Kier alpha value is -1.40. The van der Waals surface area contributed by atoms with E-state index >= 15 is 0 Å². The van der Waals surface area contributed by atoms with Crippen LogP contribution >= 0.6 is 0 Å². The second-order valence-electron chi connectivity index (χ2n) is 3.43. The minimum Gasteiger partial charge on any atom is -0.290 e. The molecule has 1 aromatic rings. The van der Waals surface area contributed by atoms with Crippen LogP contribution in [0.2, 0.25) is 0 Å². The van der Waals surface area contributed by atoms with E-state index in [1.165, 1.54) is 7.05 Å². The van der Waals surface area contributed by atoms with Gasteiger partial charge in [-0.05, 0) is 5.21 Å². The quantitative estimate of drug-likeness (QED) is 0.653. The number of aromatic nitrogens is 4. The summed E-state index contributed by atoms with van der Waals surface area (Å²) in [5.74, 6) is -3.85. The summed E-state index contributed by atoms with van der Waals surface area (Å²) in [5, 5.41) is 10.6. The van der Waals surface area contributed by atoms with Gasteiger partial charge >= 0.3 is 0 Å². The summed E-state index contributed by atoms with van der Waals surface area (Å²) in [6, 6.07) is 0. The highest BCUT2D eigenvalue weighted by Gasteiger charge is 2.49. The molecule has 2 rings (SSSR count). The second kappa shape index (κ2) is 2.79. The maximum absolute atomic E-state index is 12.5. The molecule has 0 unspecified atom stereocenters. The molecule has 1 aliphatic carbocycles. The monoisotopic (exact) mass is 202 g/mol. The van der Waals surface area contributed by atoms with E-state index in [1.54, 1.807) is 0 Å². The maximum atomic E-state index is 12.5. The highest BCUT2D eigenvalue weighted by molar-refractivity contribution is 5.94. The van der Waals surface area contributed by atoms with Gasteiger partial charge in [-0.25, -0.2) is 8.78 Å². The van der Waals surface area contributed by atoms with Gasteiger partial charge in [0.25, 0.3) is 0 Å². The van der Waals surface area contributed by atoms with Crippen molar-refractivity contribution < 1.29 is 13.6 Å². The molecule has 0 aliphatic heterocycles. The van der Waals surface area contributed by atoms with Crippen LogP contribution in [0.5, 0.6) is 0 Å². The molecule has 0 saturated heterocycles. The first-order chi connectivity index (χ1) is 6.48. The van der Waals surface area contributed by atoms with Crippen molar-refractivity contribution in [2.75, 3.05) is 0 Å². The van der Waals surface area contributed by atoms with E-state index in [4.69, 9.17) is 0 Å². The maximum Gasteiger partial charge on any atom is 0.249 e. The summed E-state index contributed by atoms with van der Waals surface area (Å²) in [6.07, 6.45) is -0.797. The van der Waals surface area contributed by atoms with Crippen LogP contribution in [0, 0.1) is 5.92 Å². The van der Waals surface area contributed by atoms with Crippen LogP contribution in [0.15, 0.2) is 0 Å². The lowest BCUT2D eigenvalue weighted by atomic mass is 9.78. The van der Waals surface area contributed by atoms with E-state index in [1.807, 2.05) is 0 Å². The molecule has 0 atom stereocenters. The predicted molar refractivity (Wildman–Crippen MR) is 40.8 cm³/mol. The number of ketones is 1. The number of tetrazole rings is 1. The number of carbonyl (C=O) groups excluding carboxylic acids is 1. The Morgan fingerprint density at radius 3 is 2.64 bits per heavy atom. The molecule has 0 N–H and O–H groups in total. The number of aryl methyl sites for hydroxylation is 1. The highest BCUT2D eigenvalue weighted by Crippen LogP contribution is 2.43. The Bertz CT molecular complexity index is 368. The van der Waals surface area contributed by atoms with Crippen LogP contribution in [0.4, 0.5) is 8.78 Å². The fourth-order valence-electron chi connectivity index (χ4n) is 1.41. The SMILES string of the molecule is Cn1nnc(C(=O)C2CC(F)(F)C2)n1. The van der Waals surface area contributed by atoms with Crippen molar-refractivity contribution in [1.29, 1.82) is 0 Å². The third kappa shape index (κ3) is 1.49. The van der Waals surface area contributed by atoms with Gasteiger partial charge in [0.2, 0.25) is 17.5 Å². The smallest absolute Gasteiger partial charge is 0.249 e. The molecule has 0 amide bonds. The number of hydrogen-bond acceptors (Lipinski definition) is 4. The molecule has 1 saturated carbocycles. The zero-order valence-corrected chi connectivity index (χ0v) is 7.44. The molecule has 7 heteroatoms. The third-order valence-electron chi connectivity index (χ3n) is 2.19. The lowest BCUT2D eigenvalue weighted by Crippen LogP contribution is -2.40. The van der Waals surface area contributed by atoms with Crippen LogP contribution in [-0.2, 0) is 7.05 Å². The van der Waals surface area contributed by atoms with E-state index in [-0.39, 0.29) is 5.82 Å². The Balaban J connectivity index is 2.04. The van der Waals surface area contributed by atoms with Crippen molar-refractivity contribution in [2.45, 2.75) is 18.8 Å². The number of rotatable bonds is 2. The highest BCUT2D eigenvalue weighted by atomic mass is 19.3.